The van der Waals surface area contributed by atoms with Crippen LogP contribution in [0.4, 0.5) is 5.82 Å². The van der Waals surface area contributed by atoms with Crippen molar-refractivity contribution in [1.29, 1.82) is 0 Å². The number of nitrogens with zero attached hydrogens (tertiary/aromatic N) is 2. The number of hydrogen-bond donors (Lipinski definition) is 3. The molecule has 18 heavy (non-hydrogen) atoms. The molecule has 3 N–H and O–H groups in total. The maximum Gasteiger partial charge on any atom is 0.356 e. The number of aliphatic hydroxyl groups is 1. The molecular weight excluding hydrogens is 234 g/mol. The van der Waals surface area contributed by atoms with Crippen LogP contribution in [-0.4, -0.2) is 39.3 Å². The van der Waals surface area contributed by atoms with Crippen LogP contribution in [0.1, 0.15) is 37.2 Å². The lowest BCUT2D eigenvalue weighted by molar-refractivity contribution is 0.0690. The highest BCUT2D eigenvalue weighted by Crippen LogP contribution is 2.20. The van der Waals surface area contributed by atoms with Crippen LogP contribution in [0.2, 0.25) is 0 Å². The van der Waals surface area contributed by atoms with Gasteiger partial charge in [-0.3, -0.25) is 0 Å². The number of aromatic carboxylic acids is 1. The van der Waals surface area contributed by atoms with E-state index in [0.717, 1.165) is 12.8 Å². The molecule has 0 spiro atoms. The third-order valence-electron chi connectivity index (χ3n) is 2.64. The van der Waals surface area contributed by atoms with Crippen LogP contribution in [0.5, 0.6) is 0 Å². The van der Waals surface area contributed by atoms with E-state index in [4.69, 9.17) is 10.2 Å². The van der Waals surface area contributed by atoms with Crippen molar-refractivity contribution in [2.24, 2.45) is 5.41 Å². The van der Waals surface area contributed by atoms with Crippen LogP contribution in [0.15, 0.2) is 12.4 Å². The van der Waals surface area contributed by atoms with Gasteiger partial charge in [0.15, 0.2) is 5.69 Å². The molecule has 100 valence electrons. The van der Waals surface area contributed by atoms with Crippen molar-refractivity contribution in [3.63, 3.8) is 0 Å². The number of carboxylic acid groups (broad SMARTS) is 1. The zero-order chi connectivity index (χ0) is 13.6. The molecule has 1 aromatic rings. The number of nitrogens with one attached hydrogen (secondary N) is 1. The Labute approximate surface area is 106 Å². The van der Waals surface area contributed by atoms with Gasteiger partial charge < -0.3 is 15.5 Å². The summed E-state index contributed by atoms with van der Waals surface area (Å²) in [6.07, 6.45) is 4.43. The molecule has 1 rings (SSSR count). The molecule has 6 nitrogen and oxygen atoms in total. The first-order valence-corrected chi connectivity index (χ1v) is 5.85. The number of aliphatic hydroxyl groups excluding tert-OH is 1. The summed E-state index contributed by atoms with van der Waals surface area (Å²) in [4.78, 5) is 18.3. The zero-order valence-corrected chi connectivity index (χ0v) is 10.7. The first kappa shape index (κ1) is 14.4. The average Bonchev–Trinajstić information content (AvgIpc) is 2.35. The monoisotopic (exact) mass is 253 g/mol. The summed E-state index contributed by atoms with van der Waals surface area (Å²) in [5.74, 6) is -0.527. The Balaban J connectivity index is 2.34. The summed E-state index contributed by atoms with van der Waals surface area (Å²) in [7, 11) is 0. The standard InChI is InChI=1S/C12H19N3O3/c1-12(2,8-16)4-3-5-13-10-7-14-9(6-15-10)11(17)18/h6-7,16H,3-5,8H2,1-2H3,(H,13,15)(H,17,18). The quantitative estimate of drug-likeness (QED) is 0.635. The van der Waals surface area contributed by atoms with Crippen LogP contribution in [0.25, 0.3) is 0 Å². The van der Waals surface area contributed by atoms with Gasteiger partial charge in [0.1, 0.15) is 5.82 Å². The highest BCUT2D eigenvalue weighted by atomic mass is 16.4. The highest BCUT2D eigenvalue weighted by Gasteiger charge is 2.15. The minimum Gasteiger partial charge on any atom is -0.476 e. The summed E-state index contributed by atoms with van der Waals surface area (Å²) in [5.41, 5.74) is -0.137. The number of aromatic nitrogens is 2. The molecule has 0 saturated carbocycles. The van der Waals surface area contributed by atoms with E-state index in [2.05, 4.69) is 15.3 Å². The van der Waals surface area contributed by atoms with Gasteiger partial charge >= 0.3 is 5.97 Å². The number of carboxylic acids is 1. The van der Waals surface area contributed by atoms with Crippen LogP contribution < -0.4 is 5.32 Å². The van der Waals surface area contributed by atoms with Crippen LogP contribution >= 0.6 is 0 Å². The molecular formula is C12H19N3O3. The van der Waals surface area contributed by atoms with Crippen molar-refractivity contribution in [1.82, 2.24) is 9.97 Å². The van der Waals surface area contributed by atoms with E-state index < -0.39 is 5.97 Å². The van der Waals surface area contributed by atoms with Gasteiger partial charge in [-0.2, -0.15) is 0 Å². The predicted octanol–water partition coefficient (Wildman–Crippen LogP) is 1.39. The van der Waals surface area contributed by atoms with E-state index in [1.807, 2.05) is 13.8 Å². The van der Waals surface area contributed by atoms with E-state index >= 15 is 0 Å². The summed E-state index contributed by atoms with van der Waals surface area (Å²) < 4.78 is 0. The Hall–Kier alpha value is -1.69. The van der Waals surface area contributed by atoms with Gasteiger partial charge in [0.2, 0.25) is 0 Å². The molecule has 6 heteroatoms. The molecule has 1 aromatic heterocycles. The summed E-state index contributed by atoms with van der Waals surface area (Å²) in [6, 6.07) is 0. The van der Waals surface area contributed by atoms with E-state index in [-0.39, 0.29) is 17.7 Å². The number of hydrogen-bond acceptors (Lipinski definition) is 5. The molecule has 0 unspecified atom stereocenters. The lowest BCUT2D eigenvalue weighted by atomic mass is 9.89. The zero-order valence-electron chi connectivity index (χ0n) is 10.7. The third kappa shape index (κ3) is 4.67. The van der Waals surface area contributed by atoms with Gasteiger partial charge in [0, 0.05) is 13.2 Å². The Bertz CT molecular complexity index is 390. The van der Waals surface area contributed by atoms with Crippen molar-refractivity contribution in [3.05, 3.63) is 18.1 Å². The Morgan fingerprint density at radius 1 is 1.39 bits per heavy atom. The lowest BCUT2D eigenvalue weighted by Crippen LogP contribution is -2.18. The van der Waals surface area contributed by atoms with Gasteiger partial charge in [-0.1, -0.05) is 13.8 Å². The molecule has 0 aliphatic rings. The van der Waals surface area contributed by atoms with Crippen LogP contribution in [-0.2, 0) is 0 Å². The SMILES string of the molecule is CC(C)(CO)CCCNc1cnc(C(=O)O)cn1. The second kappa shape index (κ2) is 6.30. The summed E-state index contributed by atoms with van der Waals surface area (Å²) in [6.45, 7) is 4.90. The van der Waals surface area contributed by atoms with Crippen molar-refractivity contribution in [2.75, 3.05) is 18.5 Å². The fraction of sp³-hybridized carbons (Fsp3) is 0.583. The van der Waals surface area contributed by atoms with Crippen molar-refractivity contribution in [2.45, 2.75) is 26.7 Å². The van der Waals surface area contributed by atoms with Gasteiger partial charge in [0.25, 0.3) is 0 Å². The normalized spacial score (nSPS) is 11.3. The fourth-order valence-corrected chi connectivity index (χ4v) is 1.39. The number of carbonyl (C=O) groups is 1. The Morgan fingerprint density at radius 2 is 2.11 bits per heavy atom. The van der Waals surface area contributed by atoms with Gasteiger partial charge in [-0.25, -0.2) is 14.8 Å². The molecule has 1 heterocycles. The van der Waals surface area contributed by atoms with E-state index in [1.165, 1.54) is 12.4 Å². The minimum absolute atomic E-state index is 0.0676. The maximum atomic E-state index is 10.6. The first-order chi connectivity index (χ1) is 8.44. The van der Waals surface area contributed by atoms with Gasteiger partial charge in [-0.15, -0.1) is 0 Å². The fourth-order valence-electron chi connectivity index (χ4n) is 1.39. The lowest BCUT2D eigenvalue weighted by Gasteiger charge is -2.21. The molecule has 0 aliphatic carbocycles. The predicted molar refractivity (Wildman–Crippen MR) is 67.6 cm³/mol. The molecule has 0 saturated heterocycles. The molecule has 0 fully saturated rings. The molecule has 0 bridgehead atoms. The van der Waals surface area contributed by atoms with Crippen LogP contribution in [0.3, 0.4) is 0 Å². The van der Waals surface area contributed by atoms with Crippen molar-refractivity contribution >= 4 is 11.8 Å². The largest absolute Gasteiger partial charge is 0.476 e. The average molecular weight is 253 g/mol. The Kier molecular flexibility index (Phi) is 5.03. The van der Waals surface area contributed by atoms with Crippen molar-refractivity contribution in [3.8, 4) is 0 Å². The van der Waals surface area contributed by atoms with Gasteiger partial charge in [0.05, 0.1) is 12.4 Å². The highest BCUT2D eigenvalue weighted by molar-refractivity contribution is 5.84. The summed E-state index contributed by atoms with van der Waals surface area (Å²) >= 11 is 0. The van der Waals surface area contributed by atoms with Crippen LogP contribution in [0, 0.1) is 5.41 Å². The Morgan fingerprint density at radius 3 is 2.61 bits per heavy atom. The summed E-state index contributed by atoms with van der Waals surface area (Å²) in [5, 5.41) is 20.8. The molecule has 0 radical (unpaired) electrons. The van der Waals surface area contributed by atoms with E-state index in [1.54, 1.807) is 0 Å². The molecule has 0 atom stereocenters. The number of rotatable bonds is 7. The first-order valence-electron chi connectivity index (χ1n) is 5.85. The molecule has 0 amide bonds. The smallest absolute Gasteiger partial charge is 0.356 e. The minimum atomic E-state index is -1.08. The maximum absolute atomic E-state index is 10.6. The molecule has 0 aromatic carbocycles. The topological polar surface area (TPSA) is 95.3 Å². The van der Waals surface area contributed by atoms with E-state index in [9.17, 15) is 4.79 Å². The third-order valence-corrected chi connectivity index (χ3v) is 2.64. The van der Waals surface area contributed by atoms with E-state index in [0.29, 0.717) is 12.4 Å². The van der Waals surface area contributed by atoms with Crippen molar-refractivity contribution < 1.29 is 15.0 Å². The second-order valence-electron chi connectivity index (χ2n) is 4.94. The second-order valence-corrected chi connectivity index (χ2v) is 4.94. The number of anilines is 1. The molecule has 0 aliphatic heterocycles. The van der Waals surface area contributed by atoms with Gasteiger partial charge in [-0.05, 0) is 18.3 Å².